The molecule has 1 aliphatic rings. The molecule has 1 aromatic carbocycles. The number of amides is 2. The number of thioether (sulfide) groups is 1. The molecular formula is C14H16N2O4S. The maximum Gasteiger partial charge on any atom is 0.326 e. The van der Waals surface area contributed by atoms with Crippen LogP contribution in [-0.4, -0.2) is 47.5 Å². The molecule has 6 nitrogen and oxygen atoms in total. The second-order valence-corrected chi connectivity index (χ2v) is 5.66. The Balaban J connectivity index is 1.72. The molecule has 0 unspecified atom stereocenters. The van der Waals surface area contributed by atoms with Crippen LogP contribution in [0.3, 0.4) is 0 Å². The molecule has 0 spiro atoms. The molecule has 1 aromatic rings. The van der Waals surface area contributed by atoms with Crippen molar-refractivity contribution in [1.29, 1.82) is 0 Å². The fourth-order valence-electron chi connectivity index (χ4n) is 1.75. The van der Waals surface area contributed by atoms with Gasteiger partial charge in [-0.15, -0.1) is 0 Å². The molecule has 1 saturated heterocycles. The molecule has 0 aromatic heterocycles. The highest BCUT2D eigenvalue weighted by molar-refractivity contribution is 8.13. The van der Waals surface area contributed by atoms with E-state index in [2.05, 4.69) is 5.32 Å². The first-order valence-electron chi connectivity index (χ1n) is 6.48. The molecule has 21 heavy (non-hydrogen) atoms. The number of benzene rings is 1. The van der Waals surface area contributed by atoms with Crippen LogP contribution in [0.4, 0.5) is 10.5 Å². The average molecular weight is 308 g/mol. The van der Waals surface area contributed by atoms with Gasteiger partial charge < -0.3 is 15.0 Å². The zero-order valence-electron chi connectivity index (χ0n) is 11.6. The zero-order valence-corrected chi connectivity index (χ0v) is 12.4. The van der Waals surface area contributed by atoms with Crippen LogP contribution in [0.2, 0.25) is 0 Å². The third-order valence-corrected chi connectivity index (χ3v) is 3.76. The highest BCUT2D eigenvalue weighted by Crippen LogP contribution is 2.16. The van der Waals surface area contributed by atoms with E-state index in [-0.39, 0.29) is 18.4 Å². The topological polar surface area (TPSA) is 75.7 Å². The fourth-order valence-corrected chi connectivity index (χ4v) is 2.58. The van der Waals surface area contributed by atoms with E-state index in [0.717, 1.165) is 5.56 Å². The van der Waals surface area contributed by atoms with Crippen LogP contribution in [0.15, 0.2) is 24.3 Å². The van der Waals surface area contributed by atoms with Gasteiger partial charge in [-0.05, 0) is 19.1 Å². The molecule has 1 N–H and O–H groups in total. The number of rotatable bonds is 5. The van der Waals surface area contributed by atoms with Crippen molar-refractivity contribution >= 4 is 34.6 Å². The third kappa shape index (κ3) is 4.78. The van der Waals surface area contributed by atoms with Crippen molar-refractivity contribution in [2.45, 2.75) is 6.92 Å². The number of nitrogens with zero attached hydrogens (tertiary/aromatic N) is 1. The second kappa shape index (κ2) is 7.12. The number of hydrogen-bond acceptors (Lipinski definition) is 5. The van der Waals surface area contributed by atoms with E-state index < -0.39 is 11.9 Å². The number of esters is 1. The summed E-state index contributed by atoms with van der Waals surface area (Å²) in [6.07, 6.45) is 0. The minimum absolute atomic E-state index is 0.107. The predicted octanol–water partition coefficient (Wildman–Crippen LogP) is 1.65. The molecule has 2 rings (SSSR count). The maximum atomic E-state index is 11.6. The molecule has 0 atom stereocenters. The van der Waals surface area contributed by atoms with Gasteiger partial charge in [-0.3, -0.25) is 14.4 Å². The minimum Gasteiger partial charge on any atom is -0.454 e. The van der Waals surface area contributed by atoms with E-state index >= 15 is 0 Å². The molecule has 1 fully saturated rings. The summed E-state index contributed by atoms with van der Waals surface area (Å²) < 4.78 is 4.86. The zero-order chi connectivity index (χ0) is 15.2. The first kappa shape index (κ1) is 15.4. The number of nitrogens with one attached hydrogen (secondary N) is 1. The highest BCUT2D eigenvalue weighted by atomic mass is 32.2. The predicted molar refractivity (Wildman–Crippen MR) is 80.2 cm³/mol. The second-order valence-electron chi connectivity index (χ2n) is 4.61. The van der Waals surface area contributed by atoms with Gasteiger partial charge in [0, 0.05) is 18.0 Å². The van der Waals surface area contributed by atoms with Gasteiger partial charge in [0.25, 0.3) is 11.1 Å². The normalized spacial score (nSPS) is 14.1. The van der Waals surface area contributed by atoms with Crippen LogP contribution in [0.1, 0.15) is 5.56 Å². The van der Waals surface area contributed by atoms with Crippen molar-refractivity contribution in [3.63, 3.8) is 0 Å². The summed E-state index contributed by atoms with van der Waals surface area (Å²) in [4.78, 5) is 35.9. The van der Waals surface area contributed by atoms with Crippen LogP contribution in [0.25, 0.3) is 0 Å². The Morgan fingerprint density at radius 1 is 1.33 bits per heavy atom. The molecule has 0 bridgehead atoms. The Morgan fingerprint density at radius 3 is 2.67 bits per heavy atom. The Hall–Kier alpha value is -2.02. The van der Waals surface area contributed by atoms with Gasteiger partial charge >= 0.3 is 5.97 Å². The van der Waals surface area contributed by atoms with Crippen molar-refractivity contribution < 1.29 is 19.1 Å². The molecule has 0 aliphatic carbocycles. The summed E-state index contributed by atoms with van der Waals surface area (Å²) in [5.74, 6) is -0.306. The van der Waals surface area contributed by atoms with E-state index in [4.69, 9.17) is 4.74 Å². The Morgan fingerprint density at radius 2 is 2.05 bits per heavy atom. The lowest BCUT2D eigenvalue weighted by Crippen LogP contribution is -2.32. The number of carbonyl (C=O) groups is 3. The molecule has 0 radical (unpaired) electrons. The van der Waals surface area contributed by atoms with Gasteiger partial charge in [0.1, 0.15) is 6.54 Å². The molecule has 1 heterocycles. The molecule has 0 saturated carbocycles. The van der Waals surface area contributed by atoms with Crippen molar-refractivity contribution in [2.24, 2.45) is 0 Å². The van der Waals surface area contributed by atoms with Gasteiger partial charge in [0.05, 0.1) is 0 Å². The van der Waals surface area contributed by atoms with E-state index in [1.54, 1.807) is 12.1 Å². The first-order chi connectivity index (χ1) is 10.0. The van der Waals surface area contributed by atoms with E-state index in [1.807, 2.05) is 19.1 Å². The van der Waals surface area contributed by atoms with E-state index in [0.29, 0.717) is 18.0 Å². The van der Waals surface area contributed by atoms with Crippen molar-refractivity contribution in [3.05, 3.63) is 29.8 Å². The Labute approximate surface area is 126 Å². The third-order valence-electron chi connectivity index (χ3n) is 2.86. The lowest BCUT2D eigenvalue weighted by atomic mass is 10.2. The van der Waals surface area contributed by atoms with Crippen molar-refractivity contribution in [1.82, 2.24) is 4.90 Å². The van der Waals surface area contributed by atoms with E-state index in [9.17, 15) is 14.4 Å². The summed E-state index contributed by atoms with van der Waals surface area (Å²) in [5.41, 5.74) is 1.74. The summed E-state index contributed by atoms with van der Waals surface area (Å²) in [6.45, 7) is 2.02. The van der Waals surface area contributed by atoms with Crippen molar-refractivity contribution in [3.8, 4) is 0 Å². The molecule has 2 amide bonds. The van der Waals surface area contributed by atoms with E-state index in [1.165, 1.54) is 16.7 Å². The smallest absolute Gasteiger partial charge is 0.326 e. The SMILES string of the molecule is Cc1ccc(NC(=O)COC(=O)CN2CCSC2=O)cc1. The number of carbonyl (C=O) groups excluding carboxylic acids is 3. The minimum atomic E-state index is -0.579. The number of hydrogen-bond donors (Lipinski definition) is 1. The number of anilines is 1. The average Bonchev–Trinajstić information content (AvgIpc) is 2.85. The quantitative estimate of drug-likeness (QED) is 0.837. The van der Waals surface area contributed by atoms with Gasteiger partial charge in [0.15, 0.2) is 6.61 Å². The maximum absolute atomic E-state index is 11.6. The van der Waals surface area contributed by atoms with Crippen LogP contribution in [0, 0.1) is 6.92 Å². The van der Waals surface area contributed by atoms with Crippen LogP contribution < -0.4 is 5.32 Å². The Kier molecular flexibility index (Phi) is 5.21. The highest BCUT2D eigenvalue weighted by Gasteiger charge is 2.24. The fraction of sp³-hybridized carbons (Fsp3) is 0.357. The monoisotopic (exact) mass is 308 g/mol. The largest absolute Gasteiger partial charge is 0.454 e. The first-order valence-corrected chi connectivity index (χ1v) is 7.47. The summed E-state index contributed by atoms with van der Waals surface area (Å²) >= 11 is 1.17. The lowest BCUT2D eigenvalue weighted by molar-refractivity contribution is -0.147. The molecule has 7 heteroatoms. The van der Waals surface area contributed by atoms with Gasteiger partial charge in [-0.2, -0.15) is 0 Å². The summed E-state index contributed by atoms with van der Waals surface area (Å²) in [5, 5.41) is 2.50. The standard InChI is InChI=1S/C14H16N2O4S/c1-10-2-4-11(5-3-10)15-12(17)9-20-13(18)8-16-6-7-21-14(16)19/h2-5H,6-9H2,1H3,(H,15,17). The van der Waals surface area contributed by atoms with Crippen LogP contribution in [0.5, 0.6) is 0 Å². The lowest BCUT2D eigenvalue weighted by Gasteiger charge is -2.13. The number of aryl methyl sites for hydroxylation is 1. The summed E-state index contributed by atoms with van der Waals surface area (Å²) in [6, 6.07) is 7.29. The molecule has 112 valence electrons. The Bertz CT molecular complexity index is 544. The van der Waals surface area contributed by atoms with Crippen LogP contribution >= 0.6 is 11.8 Å². The molecular weight excluding hydrogens is 292 g/mol. The molecule has 1 aliphatic heterocycles. The van der Waals surface area contributed by atoms with Gasteiger partial charge in [-0.25, -0.2) is 0 Å². The van der Waals surface area contributed by atoms with Crippen LogP contribution in [-0.2, 0) is 14.3 Å². The number of ether oxygens (including phenoxy) is 1. The van der Waals surface area contributed by atoms with Gasteiger partial charge in [-0.1, -0.05) is 29.5 Å². The summed E-state index contributed by atoms with van der Waals surface area (Å²) in [7, 11) is 0. The van der Waals surface area contributed by atoms with Crippen molar-refractivity contribution in [2.75, 3.05) is 30.8 Å². The van der Waals surface area contributed by atoms with Gasteiger partial charge in [0.2, 0.25) is 0 Å².